The third-order valence-electron chi connectivity index (χ3n) is 3.13. The van der Waals surface area contributed by atoms with Gasteiger partial charge >= 0.3 is 0 Å². The molecule has 0 saturated heterocycles. The number of non-ortho nitro benzene ring substituents is 1. The van der Waals surface area contributed by atoms with Crippen LogP contribution in [0.4, 0.5) is 11.4 Å². The average Bonchev–Trinajstić information content (AvgIpc) is 2.44. The number of hydrogen-bond donors (Lipinski definition) is 2. The van der Waals surface area contributed by atoms with E-state index >= 15 is 0 Å². The molecule has 1 atom stereocenters. The van der Waals surface area contributed by atoms with Gasteiger partial charge in [-0.25, -0.2) is 0 Å². The Morgan fingerprint density at radius 1 is 1.40 bits per heavy atom. The predicted octanol–water partition coefficient (Wildman–Crippen LogP) is 2.80. The molecule has 2 N–H and O–H groups in total. The van der Waals surface area contributed by atoms with Crippen molar-refractivity contribution in [3.63, 3.8) is 0 Å². The first-order chi connectivity index (χ1) is 9.49. The summed E-state index contributed by atoms with van der Waals surface area (Å²) in [6.45, 7) is 7.20. The zero-order valence-corrected chi connectivity index (χ0v) is 12.1. The molecule has 0 heterocycles. The minimum Gasteiger partial charge on any atom is -0.385 e. The number of nitrogens with zero attached hydrogens (tertiary/aromatic N) is 1. The molecule has 1 rings (SSSR count). The van der Waals surface area contributed by atoms with Crippen LogP contribution in [-0.4, -0.2) is 23.9 Å². The Morgan fingerprint density at radius 3 is 2.65 bits per heavy atom. The Bertz CT molecular complexity index is 489. The van der Waals surface area contributed by atoms with Crippen LogP contribution in [0.15, 0.2) is 18.2 Å². The van der Waals surface area contributed by atoms with E-state index in [9.17, 15) is 14.9 Å². The minimum absolute atomic E-state index is 0.0830. The van der Waals surface area contributed by atoms with E-state index in [1.54, 1.807) is 6.07 Å². The molecule has 0 saturated carbocycles. The maximum absolute atomic E-state index is 12.2. The van der Waals surface area contributed by atoms with Crippen molar-refractivity contribution in [2.75, 3.05) is 18.4 Å². The largest absolute Gasteiger partial charge is 0.385 e. The molecule has 1 unspecified atom stereocenters. The quantitative estimate of drug-likeness (QED) is 0.593. The Morgan fingerprint density at radius 2 is 2.10 bits per heavy atom. The van der Waals surface area contributed by atoms with Crippen LogP contribution in [0.25, 0.3) is 0 Å². The van der Waals surface area contributed by atoms with Crippen LogP contribution in [0, 0.1) is 16.0 Å². The lowest BCUT2D eigenvalue weighted by Gasteiger charge is -2.13. The van der Waals surface area contributed by atoms with Crippen molar-refractivity contribution in [1.82, 2.24) is 5.32 Å². The molecule has 1 amide bonds. The van der Waals surface area contributed by atoms with Crippen LogP contribution >= 0.6 is 0 Å². The van der Waals surface area contributed by atoms with E-state index in [1.165, 1.54) is 12.1 Å². The Labute approximate surface area is 118 Å². The lowest BCUT2D eigenvalue weighted by Crippen LogP contribution is -2.28. The van der Waals surface area contributed by atoms with Crippen LogP contribution in [0.5, 0.6) is 0 Å². The SMILES string of the molecule is CCNc1ccc([N+](=O)[O-])cc1C(=O)NCC(C)CC. The van der Waals surface area contributed by atoms with E-state index < -0.39 is 4.92 Å². The predicted molar refractivity (Wildman–Crippen MR) is 79.0 cm³/mol. The van der Waals surface area contributed by atoms with Crippen molar-refractivity contribution in [3.8, 4) is 0 Å². The smallest absolute Gasteiger partial charge is 0.270 e. The number of carbonyl (C=O) groups excluding carboxylic acids is 1. The van der Waals surface area contributed by atoms with E-state index in [1.807, 2.05) is 20.8 Å². The van der Waals surface area contributed by atoms with Gasteiger partial charge in [0, 0.05) is 30.9 Å². The van der Waals surface area contributed by atoms with Crippen molar-refractivity contribution in [3.05, 3.63) is 33.9 Å². The first-order valence-electron chi connectivity index (χ1n) is 6.80. The molecule has 0 spiro atoms. The maximum atomic E-state index is 12.2. The highest BCUT2D eigenvalue weighted by Crippen LogP contribution is 2.22. The zero-order chi connectivity index (χ0) is 15.1. The summed E-state index contributed by atoms with van der Waals surface area (Å²) in [5.74, 6) is 0.0881. The minimum atomic E-state index is -0.499. The number of carbonyl (C=O) groups is 1. The highest BCUT2D eigenvalue weighted by molar-refractivity contribution is 6.00. The lowest BCUT2D eigenvalue weighted by atomic mass is 10.1. The van der Waals surface area contributed by atoms with Crippen molar-refractivity contribution in [2.24, 2.45) is 5.92 Å². The molecular formula is C14H21N3O3. The molecule has 1 aromatic carbocycles. The third kappa shape index (κ3) is 4.22. The number of benzene rings is 1. The number of amides is 1. The molecular weight excluding hydrogens is 258 g/mol. The number of nitrogens with one attached hydrogen (secondary N) is 2. The maximum Gasteiger partial charge on any atom is 0.270 e. The van der Waals surface area contributed by atoms with Gasteiger partial charge in [-0.1, -0.05) is 20.3 Å². The molecule has 6 nitrogen and oxygen atoms in total. The highest BCUT2D eigenvalue weighted by atomic mass is 16.6. The number of nitro benzene ring substituents is 1. The van der Waals surface area contributed by atoms with Crippen molar-refractivity contribution in [1.29, 1.82) is 0 Å². The second-order valence-electron chi connectivity index (χ2n) is 4.74. The van der Waals surface area contributed by atoms with E-state index in [2.05, 4.69) is 10.6 Å². The topological polar surface area (TPSA) is 84.3 Å². The molecule has 20 heavy (non-hydrogen) atoms. The monoisotopic (exact) mass is 279 g/mol. The zero-order valence-electron chi connectivity index (χ0n) is 12.1. The van der Waals surface area contributed by atoms with Crippen LogP contribution in [0.1, 0.15) is 37.6 Å². The number of hydrogen-bond acceptors (Lipinski definition) is 4. The lowest BCUT2D eigenvalue weighted by molar-refractivity contribution is -0.384. The van der Waals surface area contributed by atoms with Crippen LogP contribution < -0.4 is 10.6 Å². The fraction of sp³-hybridized carbons (Fsp3) is 0.500. The van der Waals surface area contributed by atoms with E-state index in [4.69, 9.17) is 0 Å². The second kappa shape index (κ2) is 7.47. The van der Waals surface area contributed by atoms with Crippen molar-refractivity contribution < 1.29 is 9.72 Å². The Hall–Kier alpha value is -2.11. The summed E-state index contributed by atoms with van der Waals surface area (Å²) in [7, 11) is 0. The molecule has 0 radical (unpaired) electrons. The summed E-state index contributed by atoms with van der Waals surface area (Å²) >= 11 is 0. The van der Waals surface area contributed by atoms with Gasteiger partial charge in [0.2, 0.25) is 0 Å². The van der Waals surface area contributed by atoms with E-state index in [0.29, 0.717) is 30.3 Å². The molecule has 0 aromatic heterocycles. The standard InChI is InChI=1S/C14H21N3O3/c1-4-10(3)9-16-14(18)12-8-11(17(19)20)6-7-13(12)15-5-2/h6-8,10,15H,4-5,9H2,1-3H3,(H,16,18). The van der Waals surface area contributed by atoms with Gasteiger partial charge in [0.25, 0.3) is 11.6 Å². The molecule has 0 fully saturated rings. The van der Waals surface area contributed by atoms with E-state index in [-0.39, 0.29) is 11.6 Å². The first kappa shape index (κ1) is 15.9. The Balaban J connectivity index is 2.96. The summed E-state index contributed by atoms with van der Waals surface area (Å²) in [5, 5.41) is 16.7. The first-order valence-corrected chi connectivity index (χ1v) is 6.80. The summed E-state index contributed by atoms with van der Waals surface area (Å²) in [4.78, 5) is 22.5. The second-order valence-corrected chi connectivity index (χ2v) is 4.74. The summed E-state index contributed by atoms with van der Waals surface area (Å²) < 4.78 is 0. The van der Waals surface area contributed by atoms with Crippen LogP contribution in [-0.2, 0) is 0 Å². The van der Waals surface area contributed by atoms with Crippen molar-refractivity contribution >= 4 is 17.3 Å². The van der Waals surface area contributed by atoms with E-state index in [0.717, 1.165) is 6.42 Å². The molecule has 0 aliphatic carbocycles. The van der Waals surface area contributed by atoms with Gasteiger partial charge in [0.15, 0.2) is 0 Å². The molecule has 110 valence electrons. The number of rotatable bonds is 7. The molecule has 6 heteroatoms. The number of nitro groups is 1. The van der Waals surface area contributed by atoms with Crippen LogP contribution in [0.3, 0.4) is 0 Å². The normalized spacial score (nSPS) is 11.8. The summed E-state index contributed by atoms with van der Waals surface area (Å²) in [6, 6.07) is 4.27. The van der Waals surface area contributed by atoms with Gasteiger partial charge < -0.3 is 10.6 Å². The number of anilines is 1. The Kier molecular flexibility index (Phi) is 5.96. The van der Waals surface area contributed by atoms with Crippen molar-refractivity contribution in [2.45, 2.75) is 27.2 Å². The average molecular weight is 279 g/mol. The third-order valence-corrected chi connectivity index (χ3v) is 3.13. The van der Waals surface area contributed by atoms with Crippen LogP contribution in [0.2, 0.25) is 0 Å². The van der Waals surface area contributed by atoms with Gasteiger partial charge in [-0.3, -0.25) is 14.9 Å². The van der Waals surface area contributed by atoms with Gasteiger partial charge in [-0.15, -0.1) is 0 Å². The van der Waals surface area contributed by atoms with Gasteiger partial charge in [-0.05, 0) is 18.9 Å². The molecule has 1 aromatic rings. The van der Waals surface area contributed by atoms with Gasteiger partial charge in [0.1, 0.15) is 0 Å². The highest BCUT2D eigenvalue weighted by Gasteiger charge is 2.16. The molecule has 0 aliphatic heterocycles. The fourth-order valence-electron chi connectivity index (χ4n) is 1.68. The molecule has 0 bridgehead atoms. The van der Waals surface area contributed by atoms with Gasteiger partial charge in [0.05, 0.1) is 10.5 Å². The molecule has 0 aliphatic rings. The van der Waals surface area contributed by atoms with Gasteiger partial charge in [-0.2, -0.15) is 0 Å². The summed E-state index contributed by atoms with van der Waals surface area (Å²) in [6.07, 6.45) is 0.968. The summed E-state index contributed by atoms with van der Waals surface area (Å²) in [5.41, 5.74) is 0.837. The fourth-order valence-corrected chi connectivity index (χ4v) is 1.68.